The van der Waals surface area contributed by atoms with Gasteiger partial charge in [-0.25, -0.2) is 4.98 Å². The van der Waals surface area contributed by atoms with Crippen molar-refractivity contribution >= 4 is 17.7 Å². The van der Waals surface area contributed by atoms with Gasteiger partial charge in [0, 0.05) is 30.3 Å². The fourth-order valence-electron chi connectivity index (χ4n) is 5.22. The Morgan fingerprint density at radius 3 is 2.64 bits per heavy atom. The van der Waals surface area contributed by atoms with Crippen LogP contribution >= 0.6 is 0 Å². The Morgan fingerprint density at radius 2 is 1.90 bits per heavy atom. The van der Waals surface area contributed by atoms with Crippen LogP contribution < -0.4 is 15.8 Å². The van der Waals surface area contributed by atoms with Crippen molar-refractivity contribution in [2.24, 2.45) is 5.92 Å². The van der Waals surface area contributed by atoms with E-state index in [9.17, 15) is 9.90 Å². The van der Waals surface area contributed by atoms with Crippen LogP contribution in [0, 0.1) is 12.8 Å². The molecule has 3 aromatic rings. The van der Waals surface area contributed by atoms with E-state index >= 15 is 0 Å². The van der Waals surface area contributed by atoms with Crippen molar-refractivity contribution in [2.45, 2.75) is 65.0 Å². The molecule has 4 rings (SSSR count). The number of carbonyl (C=O) groups excluding carboxylic acids is 1. The summed E-state index contributed by atoms with van der Waals surface area (Å²) in [4.78, 5) is 24.0. The van der Waals surface area contributed by atoms with Gasteiger partial charge in [0.15, 0.2) is 0 Å². The number of carbonyl (C=O) groups is 1. The first-order chi connectivity index (χ1) is 20.3. The van der Waals surface area contributed by atoms with Crippen LogP contribution in [0.4, 0.5) is 11.8 Å². The number of hydrogen-bond acceptors (Lipinski definition) is 9. The molecule has 0 aliphatic carbocycles. The highest BCUT2D eigenvalue weighted by molar-refractivity contribution is 5.73. The van der Waals surface area contributed by atoms with Crippen molar-refractivity contribution in [3.63, 3.8) is 0 Å². The molecule has 1 atom stereocenters. The zero-order valence-electron chi connectivity index (χ0n) is 25.1. The molecule has 1 aliphatic heterocycles. The van der Waals surface area contributed by atoms with Gasteiger partial charge in [-0.3, -0.25) is 4.79 Å². The number of hydrogen-bond donors (Lipinski definition) is 3. The maximum Gasteiger partial charge on any atom is 0.310 e. The molecule has 2 heterocycles. The van der Waals surface area contributed by atoms with E-state index in [0.29, 0.717) is 43.5 Å². The van der Waals surface area contributed by atoms with E-state index in [4.69, 9.17) is 15.2 Å². The van der Waals surface area contributed by atoms with E-state index in [1.165, 1.54) is 0 Å². The number of benzene rings is 2. The molecule has 0 spiro atoms. The number of aromatic nitrogens is 2. The van der Waals surface area contributed by atoms with Gasteiger partial charge < -0.3 is 30.5 Å². The molecule has 1 saturated heterocycles. The zero-order chi connectivity index (χ0) is 29.9. The average molecular weight is 576 g/mol. The quantitative estimate of drug-likeness (QED) is 0.238. The Hall–Kier alpha value is -3.69. The van der Waals surface area contributed by atoms with E-state index in [2.05, 4.69) is 34.2 Å². The fourth-order valence-corrected chi connectivity index (χ4v) is 5.22. The molecule has 226 valence electrons. The van der Waals surface area contributed by atoms with Crippen LogP contribution in [0.25, 0.3) is 0 Å². The lowest BCUT2D eigenvalue weighted by Crippen LogP contribution is -2.32. The Labute approximate surface area is 249 Å². The molecular weight excluding hydrogens is 530 g/mol. The van der Waals surface area contributed by atoms with Gasteiger partial charge in [0.1, 0.15) is 18.2 Å². The first-order valence-corrected chi connectivity index (χ1v) is 14.9. The standard InChI is InChI=1S/C33H45N5O4/c1-23(8-7-17-39)35-32-29(24(2)36-33(34)37-32)20-28-12-11-27(18-30(28)41-21-25-9-5-4-6-10-25)19-31(40)42-22-26-13-15-38(3)16-14-26/h4-6,9-12,18,23,26,39H,7-8,13-17,19-22H2,1-3H3,(H3,34,35,36,37). The van der Waals surface area contributed by atoms with Crippen LogP contribution in [0.5, 0.6) is 5.75 Å². The lowest BCUT2D eigenvalue weighted by atomic mass is 9.98. The summed E-state index contributed by atoms with van der Waals surface area (Å²) >= 11 is 0. The number of piperidine rings is 1. The van der Waals surface area contributed by atoms with Crippen LogP contribution in [0.15, 0.2) is 48.5 Å². The summed E-state index contributed by atoms with van der Waals surface area (Å²) in [5.74, 6) is 1.80. The predicted molar refractivity (Wildman–Crippen MR) is 165 cm³/mol. The summed E-state index contributed by atoms with van der Waals surface area (Å²) in [6.45, 7) is 7.10. The summed E-state index contributed by atoms with van der Waals surface area (Å²) in [5, 5.41) is 12.7. The summed E-state index contributed by atoms with van der Waals surface area (Å²) < 4.78 is 12.0. The largest absolute Gasteiger partial charge is 0.489 e. The number of aliphatic hydroxyl groups excluding tert-OH is 1. The van der Waals surface area contributed by atoms with Gasteiger partial charge in [-0.15, -0.1) is 0 Å². The van der Waals surface area contributed by atoms with Crippen LogP contribution in [0.1, 0.15) is 60.6 Å². The first kappa shape index (κ1) is 31.3. The number of rotatable bonds is 14. The number of aliphatic hydroxyl groups is 1. The smallest absolute Gasteiger partial charge is 0.310 e. The van der Waals surface area contributed by atoms with Gasteiger partial charge in [0.2, 0.25) is 5.95 Å². The second-order valence-electron chi connectivity index (χ2n) is 11.4. The third-order valence-electron chi connectivity index (χ3n) is 7.81. The van der Waals surface area contributed by atoms with E-state index in [0.717, 1.165) is 60.3 Å². The second kappa shape index (κ2) is 15.5. The lowest BCUT2D eigenvalue weighted by Gasteiger charge is -2.28. The average Bonchev–Trinajstić information content (AvgIpc) is 2.97. The van der Waals surface area contributed by atoms with Gasteiger partial charge in [0.05, 0.1) is 13.0 Å². The summed E-state index contributed by atoms with van der Waals surface area (Å²) in [5.41, 5.74) is 10.6. The van der Waals surface area contributed by atoms with Crippen molar-refractivity contribution in [3.8, 4) is 5.75 Å². The van der Waals surface area contributed by atoms with E-state index in [-0.39, 0.29) is 31.0 Å². The number of nitrogens with zero attached hydrogens (tertiary/aromatic N) is 3. The van der Waals surface area contributed by atoms with Crippen molar-refractivity contribution in [3.05, 3.63) is 76.5 Å². The minimum atomic E-state index is -0.221. The molecule has 1 aliphatic rings. The molecular formula is C33H45N5O4. The molecule has 0 amide bonds. The van der Waals surface area contributed by atoms with Crippen molar-refractivity contribution in [1.29, 1.82) is 0 Å². The van der Waals surface area contributed by atoms with Crippen LogP contribution in [0.2, 0.25) is 0 Å². The Kier molecular flexibility index (Phi) is 11.5. The maximum absolute atomic E-state index is 12.8. The predicted octanol–water partition coefficient (Wildman–Crippen LogP) is 4.54. The molecule has 4 N–H and O–H groups in total. The van der Waals surface area contributed by atoms with Crippen LogP contribution in [-0.2, 0) is 29.0 Å². The number of aryl methyl sites for hydroxylation is 1. The lowest BCUT2D eigenvalue weighted by molar-refractivity contribution is -0.144. The third kappa shape index (κ3) is 9.42. The fraction of sp³-hybridized carbons (Fsp3) is 0.485. The van der Waals surface area contributed by atoms with E-state index < -0.39 is 0 Å². The van der Waals surface area contributed by atoms with E-state index in [1.807, 2.05) is 55.5 Å². The third-order valence-corrected chi connectivity index (χ3v) is 7.81. The molecule has 1 unspecified atom stereocenters. The second-order valence-corrected chi connectivity index (χ2v) is 11.4. The number of nitrogens with one attached hydrogen (secondary N) is 1. The summed E-state index contributed by atoms with van der Waals surface area (Å²) in [7, 11) is 2.13. The minimum Gasteiger partial charge on any atom is -0.489 e. The van der Waals surface area contributed by atoms with Gasteiger partial charge in [0.25, 0.3) is 0 Å². The summed E-state index contributed by atoms with van der Waals surface area (Å²) in [6.07, 6.45) is 4.32. The monoisotopic (exact) mass is 575 g/mol. The van der Waals surface area contributed by atoms with Crippen LogP contribution in [-0.4, -0.2) is 65.3 Å². The van der Waals surface area contributed by atoms with Gasteiger partial charge in [-0.05, 0) is 88.3 Å². The molecule has 2 aromatic carbocycles. The Bertz CT molecular complexity index is 1300. The molecule has 9 nitrogen and oxygen atoms in total. The normalized spacial score (nSPS) is 14.9. The first-order valence-electron chi connectivity index (χ1n) is 14.9. The number of ether oxygens (including phenoxy) is 2. The number of nitrogens with two attached hydrogens (primary N) is 1. The molecule has 0 bridgehead atoms. The number of likely N-dealkylation sites (tertiary alicyclic amines) is 1. The number of esters is 1. The highest BCUT2D eigenvalue weighted by atomic mass is 16.5. The molecule has 1 fully saturated rings. The topological polar surface area (TPSA) is 123 Å². The Morgan fingerprint density at radius 1 is 1.14 bits per heavy atom. The van der Waals surface area contributed by atoms with Crippen molar-refractivity contribution in [2.75, 3.05) is 44.4 Å². The zero-order valence-corrected chi connectivity index (χ0v) is 25.1. The highest BCUT2D eigenvalue weighted by Crippen LogP contribution is 2.29. The Balaban J connectivity index is 1.52. The van der Waals surface area contributed by atoms with Gasteiger partial charge in [-0.1, -0.05) is 42.5 Å². The van der Waals surface area contributed by atoms with Crippen LogP contribution in [0.3, 0.4) is 0 Å². The van der Waals surface area contributed by atoms with Crippen molar-refractivity contribution in [1.82, 2.24) is 14.9 Å². The highest BCUT2D eigenvalue weighted by Gasteiger charge is 2.20. The SMILES string of the molecule is Cc1nc(N)nc(NC(C)CCCO)c1Cc1ccc(CC(=O)OCC2CCN(C)CC2)cc1OCc1ccccc1. The molecule has 0 radical (unpaired) electrons. The van der Waals surface area contributed by atoms with Gasteiger partial charge >= 0.3 is 5.97 Å². The molecule has 9 heteroatoms. The molecule has 1 aromatic heterocycles. The van der Waals surface area contributed by atoms with Gasteiger partial charge in [-0.2, -0.15) is 4.98 Å². The van der Waals surface area contributed by atoms with Crippen molar-refractivity contribution < 1.29 is 19.4 Å². The molecule has 42 heavy (non-hydrogen) atoms. The van der Waals surface area contributed by atoms with E-state index in [1.54, 1.807) is 0 Å². The summed E-state index contributed by atoms with van der Waals surface area (Å²) in [6, 6.07) is 16.0. The minimum absolute atomic E-state index is 0.0984. The number of anilines is 2. The molecule has 0 saturated carbocycles. The number of nitrogen functional groups attached to an aromatic ring is 1. The maximum atomic E-state index is 12.8.